The highest BCUT2D eigenvalue weighted by Gasteiger charge is 2.24. The molecule has 1 saturated carbocycles. The largest absolute Gasteiger partial charge is 0.350 e. The molecule has 0 saturated heterocycles. The van der Waals surface area contributed by atoms with Crippen molar-refractivity contribution in [1.82, 2.24) is 10.3 Å². The molecule has 2 atom stereocenters. The van der Waals surface area contributed by atoms with Gasteiger partial charge in [0.05, 0.1) is 5.02 Å². The van der Waals surface area contributed by atoms with Crippen LogP contribution < -0.4 is 5.32 Å². The number of H-pyrrole nitrogens is 1. The molecular formula is C16H18Cl2N2O. The van der Waals surface area contributed by atoms with Crippen molar-refractivity contribution in [1.29, 1.82) is 0 Å². The van der Waals surface area contributed by atoms with Crippen LogP contribution in [0.15, 0.2) is 18.2 Å². The predicted octanol–water partition coefficient (Wildman–Crippen LogP) is 4.78. The van der Waals surface area contributed by atoms with Gasteiger partial charge in [0, 0.05) is 22.0 Å². The van der Waals surface area contributed by atoms with E-state index in [0.29, 0.717) is 21.7 Å². The maximum Gasteiger partial charge on any atom is 0.267 e. The highest BCUT2D eigenvalue weighted by molar-refractivity contribution is 6.38. The lowest BCUT2D eigenvalue weighted by atomic mass is 9.86. The number of aromatic amines is 1. The van der Waals surface area contributed by atoms with Crippen LogP contribution in [0.25, 0.3) is 10.9 Å². The second-order valence-electron chi connectivity index (χ2n) is 5.87. The summed E-state index contributed by atoms with van der Waals surface area (Å²) in [6.45, 7) is 2.20. The third kappa shape index (κ3) is 3.04. The number of halogens is 2. The van der Waals surface area contributed by atoms with E-state index >= 15 is 0 Å². The van der Waals surface area contributed by atoms with Crippen LogP contribution in [0.1, 0.15) is 43.1 Å². The summed E-state index contributed by atoms with van der Waals surface area (Å²) in [6.07, 6.45) is 4.68. The number of amides is 1. The Balaban J connectivity index is 1.83. The van der Waals surface area contributed by atoms with Crippen LogP contribution in [0, 0.1) is 5.92 Å². The molecule has 1 aliphatic carbocycles. The molecule has 1 aliphatic rings. The maximum atomic E-state index is 12.4. The van der Waals surface area contributed by atoms with E-state index in [1.165, 1.54) is 19.3 Å². The minimum Gasteiger partial charge on any atom is -0.350 e. The maximum absolute atomic E-state index is 12.4. The Bertz CT molecular complexity index is 680. The Labute approximate surface area is 134 Å². The molecule has 112 valence electrons. The molecule has 1 amide bonds. The Morgan fingerprint density at radius 2 is 2.00 bits per heavy atom. The minimum atomic E-state index is -0.0721. The Kier molecular flexibility index (Phi) is 4.14. The molecule has 1 fully saturated rings. The lowest BCUT2D eigenvalue weighted by Gasteiger charge is -2.29. The molecule has 0 aliphatic heterocycles. The van der Waals surface area contributed by atoms with Crippen LogP contribution in [-0.2, 0) is 0 Å². The molecule has 2 aromatic rings. The summed E-state index contributed by atoms with van der Waals surface area (Å²) in [6, 6.07) is 5.51. The number of fused-ring (bicyclic) bond motifs is 1. The van der Waals surface area contributed by atoms with Gasteiger partial charge in [-0.25, -0.2) is 0 Å². The summed E-state index contributed by atoms with van der Waals surface area (Å²) in [5.41, 5.74) is 1.32. The zero-order valence-electron chi connectivity index (χ0n) is 11.9. The van der Waals surface area contributed by atoms with Gasteiger partial charge in [0.2, 0.25) is 0 Å². The predicted molar refractivity (Wildman–Crippen MR) is 87.2 cm³/mol. The number of nitrogens with one attached hydrogen (secondary N) is 2. The van der Waals surface area contributed by atoms with Crippen molar-refractivity contribution in [3.63, 3.8) is 0 Å². The molecule has 3 rings (SSSR count). The number of aromatic nitrogens is 1. The van der Waals surface area contributed by atoms with Crippen LogP contribution in [0.4, 0.5) is 0 Å². The highest BCUT2D eigenvalue weighted by Crippen LogP contribution is 2.29. The molecular weight excluding hydrogens is 307 g/mol. The SMILES string of the molecule is CC1CCCCC1NC(=O)c1cc2c(Cl)cc(Cl)cc2[nH]1. The Morgan fingerprint density at radius 1 is 1.24 bits per heavy atom. The lowest BCUT2D eigenvalue weighted by molar-refractivity contribution is 0.0906. The van der Waals surface area contributed by atoms with Gasteiger partial charge in [-0.2, -0.15) is 0 Å². The van der Waals surface area contributed by atoms with E-state index in [0.717, 1.165) is 17.3 Å². The number of carbonyl (C=O) groups is 1. The van der Waals surface area contributed by atoms with Gasteiger partial charge in [-0.05, 0) is 37.0 Å². The molecule has 1 aromatic carbocycles. The van der Waals surface area contributed by atoms with Crippen LogP contribution >= 0.6 is 23.2 Å². The summed E-state index contributed by atoms with van der Waals surface area (Å²) < 4.78 is 0. The van der Waals surface area contributed by atoms with E-state index in [9.17, 15) is 4.79 Å². The van der Waals surface area contributed by atoms with Gasteiger partial charge in [-0.15, -0.1) is 0 Å². The molecule has 0 spiro atoms. The first-order valence-electron chi connectivity index (χ1n) is 7.33. The normalized spacial score (nSPS) is 22.4. The summed E-state index contributed by atoms with van der Waals surface area (Å²) in [5.74, 6) is 0.460. The van der Waals surface area contributed by atoms with Crippen molar-refractivity contribution in [2.75, 3.05) is 0 Å². The van der Waals surface area contributed by atoms with E-state index < -0.39 is 0 Å². The van der Waals surface area contributed by atoms with Crippen molar-refractivity contribution in [3.8, 4) is 0 Å². The summed E-state index contributed by atoms with van der Waals surface area (Å²) in [5, 5.41) is 5.07. The molecule has 0 bridgehead atoms. The Morgan fingerprint density at radius 3 is 2.76 bits per heavy atom. The monoisotopic (exact) mass is 324 g/mol. The van der Waals surface area contributed by atoms with E-state index in [1.807, 2.05) is 0 Å². The van der Waals surface area contributed by atoms with Gasteiger partial charge in [-0.3, -0.25) is 4.79 Å². The standard InChI is InChI=1S/C16H18Cl2N2O/c1-9-4-2-3-5-13(9)20-16(21)15-8-11-12(18)6-10(17)7-14(11)19-15/h6-9,13,19H,2-5H2,1H3,(H,20,21). The zero-order chi connectivity index (χ0) is 15.0. The van der Waals surface area contributed by atoms with Gasteiger partial charge in [-0.1, -0.05) is 43.0 Å². The van der Waals surface area contributed by atoms with Gasteiger partial charge in [0.1, 0.15) is 5.69 Å². The van der Waals surface area contributed by atoms with E-state index in [4.69, 9.17) is 23.2 Å². The van der Waals surface area contributed by atoms with Gasteiger partial charge in [0.25, 0.3) is 5.91 Å². The quantitative estimate of drug-likeness (QED) is 0.820. The zero-order valence-corrected chi connectivity index (χ0v) is 13.4. The first-order valence-corrected chi connectivity index (χ1v) is 8.09. The van der Waals surface area contributed by atoms with Crippen molar-refractivity contribution in [2.45, 2.75) is 38.6 Å². The molecule has 2 unspecified atom stereocenters. The van der Waals surface area contributed by atoms with Crippen molar-refractivity contribution >= 4 is 40.0 Å². The van der Waals surface area contributed by atoms with Crippen LogP contribution in [0.5, 0.6) is 0 Å². The lowest BCUT2D eigenvalue weighted by Crippen LogP contribution is -2.41. The van der Waals surface area contributed by atoms with E-state index in [1.54, 1.807) is 18.2 Å². The number of hydrogen-bond acceptors (Lipinski definition) is 1. The first-order chi connectivity index (χ1) is 10.0. The highest BCUT2D eigenvalue weighted by atomic mass is 35.5. The summed E-state index contributed by atoms with van der Waals surface area (Å²) in [7, 11) is 0. The number of benzene rings is 1. The van der Waals surface area contributed by atoms with Crippen molar-refractivity contribution in [3.05, 3.63) is 33.9 Å². The van der Waals surface area contributed by atoms with Crippen LogP contribution in [-0.4, -0.2) is 16.9 Å². The average molecular weight is 325 g/mol. The van der Waals surface area contributed by atoms with Gasteiger partial charge >= 0.3 is 0 Å². The molecule has 0 radical (unpaired) electrons. The van der Waals surface area contributed by atoms with Crippen molar-refractivity contribution in [2.24, 2.45) is 5.92 Å². The summed E-state index contributed by atoms with van der Waals surface area (Å²) >= 11 is 12.1. The van der Waals surface area contributed by atoms with E-state index in [-0.39, 0.29) is 11.9 Å². The fraction of sp³-hybridized carbons (Fsp3) is 0.438. The van der Waals surface area contributed by atoms with Crippen LogP contribution in [0.3, 0.4) is 0 Å². The molecule has 5 heteroatoms. The molecule has 1 aromatic heterocycles. The molecule has 21 heavy (non-hydrogen) atoms. The number of hydrogen-bond donors (Lipinski definition) is 2. The fourth-order valence-electron chi connectivity index (χ4n) is 3.06. The minimum absolute atomic E-state index is 0.0721. The smallest absolute Gasteiger partial charge is 0.267 e. The average Bonchev–Trinajstić information content (AvgIpc) is 2.85. The summed E-state index contributed by atoms with van der Waals surface area (Å²) in [4.78, 5) is 15.5. The van der Waals surface area contributed by atoms with Crippen molar-refractivity contribution < 1.29 is 4.79 Å². The number of carbonyl (C=O) groups excluding carboxylic acids is 1. The second kappa shape index (κ2) is 5.90. The first kappa shape index (κ1) is 14.7. The van der Waals surface area contributed by atoms with E-state index in [2.05, 4.69) is 17.2 Å². The third-order valence-corrected chi connectivity index (χ3v) is 4.86. The second-order valence-corrected chi connectivity index (χ2v) is 6.72. The van der Waals surface area contributed by atoms with Crippen LogP contribution in [0.2, 0.25) is 10.0 Å². The molecule has 1 heterocycles. The topological polar surface area (TPSA) is 44.9 Å². The Hall–Kier alpha value is -1.19. The molecule has 2 N–H and O–H groups in total. The third-order valence-electron chi connectivity index (χ3n) is 4.32. The number of rotatable bonds is 2. The molecule has 3 nitrogen and oxygen atoms in total. The fourth-order valence-corrected chi connectivity index (χ4v) is 3.61. The van der Waals surface area contributed by atoms with Gasteiger partial charge < -0.3 is 10.3 Å². The van der Waals surface area contributed by atoms with Gasteiger partial charge in [0.15, 0.2) is 0 Å².